The third-order valence-corrected chi connectivity index (χ3v) is 8.63. The van der Waals surface area contributed by atoms with E-state index in [0.29, 0.717) is 25.2 Å². The van der Waals surface area contributed by atoms with E-state index in [-0.39, 0.29) is 11.8 Å². The zero-order valence-electron chi connectivity index (χ0n) is 25.6. The Balaban J connectivity index is 0.000000234. The van der Waals surface area contributed by atoms with Crippen molar-refractivity contribution in [3.05, 3.63) is 101 Å². The second kappa shape index (κ2) is 14.5. The van der Waals surface area contributed by atoms with Gasteiger partial charge in [-0.2, -0.15) is 0 Å². The summed E-state index contributed by atoms with van der Waals surface area (Å²) in [7, 11) is 1.68. The Kier molecular flexibility index (Phi) is 10.9. The van der Waals surface area contributed by atoms with Crippen LogP contribution in [-0.2, 0) is 33.5 Å². The molecule has 2 aromatic carbocycles. The molecule has 3 unspecified atom stereocenters. The first-order valence-electron chi connectivity index (χ1n) is 15.1. The van der Waals surface area contributed by atoms with Gasteiger partial charge in [0.25, 0.3) is 0 Å². The molecule has 0 spiro atoms. The fourth-order valence-electron chi connectivity index (χ4n) is 6.55. The number of ether oxygens (including phenoxy) is 3. The topological polar surface area (TPSA) is 48.0 Å². The van der Waals surface area contributed by atoms with Gasteiger partial charge in [0, 0.05) is 12.6 Å². The molecule has 0 N–H and O–H groups in total. The minimum atomic E-state index is 0.210. The van der Waals surface area contributed by atoms with Crippen LogP contribution in [-0.4, -0.2) is 37.7 Å². The summed E-state index contributed by atoms with van der Waals surface area (Å²) in [6.45, 7) is 13.8. The highest BCUT2D eigenvalue weighted by molar-refractivity contribution is 5.77. The third kappa shape index (κ3) is 7.51. The van der Waals surface area contributed by atoms with Gasteiger partial charge in [-0.3, -0.25) is 9.69 Å². The smallest absolute Gasteiger partial charge is 0.231 e. The van der Waals surface area contributed by atoms with Gasteiger partial charge in [-0.1, -0.05) is 50.3 Å². The summed E-state index contributed by atoms with van der Waals surface area (Å²) >= 11 is 0. The molecule has 0 amide bonds. The first kappa shape index (κ1) is 30.6. The average molecular weight is 558 g/mol. The second-order valence-electron chi connectivity index (χ2n) is 11.4. The predicted octanol–water partition coefficient (Wildman–Crippen LogP) is 7.76. The number of carbonyl (C=O) groups excluding carboxylic acids is 1. The van der Waals surface area contributed by atoms with E-state index >= 15 is 0 Å². The highest BCUT2D eigenvalue weighted by Gasteiger charge is 2.39. The lowest BCUT2D eigenvalue weighted by Crippen LogP contribution is -2.30. The van der Waals surface area contributed by atoms with E-state index in [0.717, 1.165) is 62.3 Å². The van der Waals surface area contributed by atoms with Crippen molar-refractivity contribution in [3.8, 4) is 5.75 Å². The van der Waals surface area contributed by atoms with Crippen molar-refractivity contribution in [1.29, 1.82) is 0 Å². The SMILES string of the molecule is C=CCCc1c(CC)cccc1CC.COc1ccc(C2CC(C3C=C4OCOC4=C(C)C3)CN2CC(C)=O)cc1. The van der Waals surface area contributed by atoms with Gasteiger partial charge in [-0.25, -0.2) is 0 Å². The molecule has 2 heterocycles. The molecule has 5 rings (SSSR count). The monoisotopic (exact) mass is 557 g/mol. The van der Waals surface area contributed by atoms with E-state index in [1.807, 2.05) is 18.2 Å². The molecule has 5 nitrogen and oxygen atoms in total. The van der Waals surface area contributed by atoms with E-state index in [2.05, 4.69) is 68.7 Å². The fraction of sp³-hybridized carbons (Fsp3) is 0.472. The van der Waals surface area contributed by atoms with Crippen molar-refractivity contribution in [2.24, 2.45) is 11.8 Å². The molecular formula is C36H47NO4. The van der Waals surface area contributed by atoms with Crippen molar-refractivity contribution in [2.75, 3.05) is 27.0 Å². The van der Waals surface area contributed by atoms with Gasteiger partial charge in [0.1, 0.15) is 11.5 Å². The van der Waals surface area contributed by atoms with Crippen molar-refractivity contribution in [2.45, 2.75) is 72.3 Å². The van der Waals surface area contributed by atoms with Crippen LogP contribution in [0.2, 0.25) is 0 Å². The number of fused-ring (bicyclic) bond motifs is 1. The molecule has 2 aromatic rings. The molecule has 1 aliphatic carbocycles. The number of methoxy groups -OCH3 is 1. The Hall–Kier alpha value is -3.31. The zero-order valence-corrected chi connectivity index (χ0v) is 25.6. The molecule has 2 aliphatic heterocycles. The average Bonchev–Trinajstić information content (AvgIpc) is 3.63. The van der Waals surface area contributed by atoms with E-state index < -0.39 is 0 Å². The number of benzene rings is 2. The van der Waals surface area contributed by atoms with Crippen molar-refractivity contribution >= 4 is 5.78 Å². The highest BCUT2D eigenvalue weighted by Crippen LogP contribution is 2.44. The number of hydrogen-bond donors (Lipinski definition) is 0. The molecule has 41 heavy (non-hydrogen) atoms. The summed E-state index contributed by atoms with van der Waals surface area (Å²) in [6, 6.07) is 15.2. The van der Waals surface area contributed by atoms with Crippen molar-refractivity contribution in [3.63, 3.8) is 0 Å². The molecule has 5 heteroatoms. The Bertz CT molecular complexity index is 1240. The van der Waals surface area contributed by atoms with Crippen LogP contribution in [0.1, 0.15) is 75.3 Å². The van der Waals surface area contributed by atoms with Gasteiger partial charge in [0.15, 0.2) is 11.5 Å². The summed E-state index contributed by atoms with van der Waals surface area (Å²) in [5.41, 5.74) is 7.08. The van der Waals surface area contributed by atoms with E-state index in [1.165, 1.54) is 22.3 Å². The Morgan fingerprint density at radius 2 is 1.80 bits per heavy atom. The normalized spacial score (nSPS) is 21.7. The molecule has 0 radical (unpaired) electrons. The van der Waals surface area contributed by atoms with Gasteiger partial charge in [-0.05, 0) is 110 Å². The third-order valence-electron chi connectivity index (χ3n) is 8.63. The van der Waals surface area contributed by atoms with E-state index in [1.54, 1.807) is 19.6 Å². The molecule has 0 saturated carbocycles. The Morgan fingerprint density at radius 1 is 1.10 bits per heavy atom. The van der Waals surface area contributed by atoms with Crippen LogP contribution < -0.4 is 4.74 Å². The maximum absolute atomic E-state index is 11.8. The second-order valence-corrected chi connectivity index (χ2v) is 11.4. The van der Waals surface area contributed by atoms with Crippen LogP contribution in [0.15, 0.2) is 78.3 Å². The van der Waals surface area contributed by atoms with Crippen LogP contribution in [0.4, 0.5) is 0 Å². The summed E-state index contributed by atoms with van der Waals surface area (Å²) < 4.78 is 16.5. The van der Waals surface area contributed by atoms with Gasteiger partial charge in [-0.15, -0.1) is 6.58 Å². The number of nitrogens with zero attached hydrogens (tertiary/aromatic N) is 1. The van der Waals surface area contributed by atoms with Crippen molar-refractivity contribution in [1.82, 2.24) is 4.90 Å². The molecule has 2 fully saturated rings. The van der Waals surface area contributed by atoms with E-state index in [4.69, 9.17) is 14.2 Å². The predicted molar refractivity (Wildman–Crippen MR) is 166 cm³/mol. The van der Waals surface area contributed by atoms with Crippen LogP contribution >= 0.6 is 0 Å². The van der Waals surface area contributed by atoms with Crippen LogP contribution in [0.3, 0.4) is 0 Å². The van der Waals surface area contributed by atoms with Crippen LogP contribution in [0.5, 0.6) is 5.75 Å². The lowest BCUT2D eigenvalue weighted by molar-refractivity contribution is -0.118. The lowest BCUT2D eigenvalue weighted by atomic mass is 9.81. The number of likely N-dealkylation sites (tertiary alicyclic amines) is 1. The van der Waals surface area contributed by atoms with Gasteiger partial charge >= 0.3 is 0 Å². The zero-order chi connectivity index (χ0) is 29.4. The molecule has 3 atom stereocenters. The largest absolute Gasteiger partial charge is 0.497 e. The number of Topliss-reactive ketones (excluding diaryl/α,β-unsaturated/α-hetero) is 1. The van der Waals surface area contributed by atoms with Gasteiger partial charge in [0.05, 0.1) is 13.7 Å². The quantitative estimate of drug-likeness (QED) is 0.280. The first-order chi connectivity index (χ1) is 19.9. The van der Waals surface area contributed by atoms with Crippen LogP contribution in [0, 0.1) is 11.8 Å². The number of ketones is 1. The number of rotatable bonds is 10. The highest BCUT2D eigenvalue weighted by atomic mass is 16.7. The summed E-state index contributed by atoms with van der Waals surface area (Å²) in [5, 5.41) is 0. The lowest BCUT2D eigenvalue weighted by Gasteiger charge is -2.25. The molecule has 0 bridgehead atoms. The summed E-state index contributed by atoms with van der Waals surface area (Å²) in [5.74, 6) is 3.80. The maximum Gasteiger partial charge on any atom is 0.231 e. The first-order valence-corrected chi connectivity index (χ1v) is 15.1. The number of allylic oxidation sites excluding steroid dienone is 3. The molecule has 3 aliphatic rings. The maximum atomic E-state index is 11.8. The molecular weight excluding hydrogens is 510 g/mol. The minimum absolute atomic E-state index is 0.210. The minimum Gasteiger partial charge on any atom is -0.497 e. The summed E-state index contributed by atoms with van der Waals surface area (Å²) in [4.78, 5) is 14.2. The number of carbonyl (C=O) groups is 1. The Labute approximate surface area is 246 Å². The Morgan fingerprint density at radius 3 is 2.41 bits per heavy atom. The van der Waals surface area contributed by atoms with Gasteiger partial charge in [0.2, 0.25) is 6.79 Å². The molecule has 2 saturated heterocycles. The molecule has 0 aromatic heterocycles. The number of hydrogen-bond acceptors (Lipinski definition) is 5. The van der Waals surface area contributed by atoms with Crippen molar-refractivity contribution < 1.29 is 19.0 Å². The standard InChI is InChI=1S/C22H27NO4.C14H20/c1-14-8-17(10-21-22(14)27-13-26-21)18-9-20(23(12-18)11-15(2)24)16-4-6-19(25-3)7-5-16;1-4-7-11-14-12(5-2)9-8-10-13(14)6-3/h4-7,10,17-18,20H,8-9,11-13H2,1-3H3;4,8-10H,1,5-7,11H2,2-3H3. The van der Waals surface area contributed by atoms with E-state index in [9.17, 15) is 4.79 Å². The van der Waals surface area contributed by atoms with Crippen LogP contribution in [0.25, 0.3) is 0 Å². The van der Waals surface area contributed by atoms with Gasteiger partial charge < -0.3 is 14.2 Å². The fourth-order valence-corrected chi connectivity index (χ4v) is 6.55. The number of aryl methyl sites for hydroxylation is 2. The molecule has 220 valence electrons. The summed E-state index contributed by atoms with van der Waals surface area (Å²) in [6.07, 6.45) is 10.8.